The highest BCUT2D eigenvalue weighted by molar-refractivity contribution is 14.1. The summed E-state index contributed by atoms with van der Waals surface area (Å²) in [6.07, 6.45) is 1.02. The van der Waals surface area contributed by atoms with Gasteiger partial charge in [0.15, 0.2) is 11.5 Å². The predicted octanol–water partition coefficient (Wildman–Crippen LogP) is 4.87. The lowest BCUT2D eigenvalue weighted by atomic mass is 10.1. The molecule has 0 aliphatic rings. The average Bonchev–Trinajstić information content (AvgIpc) is 2.55. The minimum Gasteiger partial charge on any atom is -0.493 e. The Morgan fingerprint density at radius 3 is 2.59 bits per heavy atom. The molecule has 2 rings (SSSR count). The molecule has 0 saturated carbocycles. The van der Waals surface area contributed by atoms with Crippen LogP contribution in [-0.2, 0) is 13.0 Å². The van der Waals surface area contributed by atoms with Crippen LogP contribution in [0.2, 0.25) is 0 Å². The first-order valence-corrected chi connectivity index (χ1v) is 8.58. The number of aryl methyl sites for hydroxylation is 1. The van der Waals surface area contributed by atoms with Gasteiger partial charge in [0.05, 0.1) is 17.3 Å². The molecule has 0 atom stereocenters. The monoisotopic (exact) mass is 411 g/mol. The summed E-state index contributed by atoms with van der Waals surface area (Å²) in [6, 6.07) is 12.6. The molecule has 0 aromatic heterocycles. The number of hydrogen-bond acceptors (Lipinski definition) is 3. The quantitative estimate of drug-likeness (QED) is 0.660. The van der Waals surface area contributed by atoms with Crippen LogP contribution >= 0.6 is 22.6 Å². The van der Waals surface area contributed by atoms with Crippen LogP contribution in [0, 0.1) is 3.57 Å². The van der Waals surface area contributed by atoms with E-state index in [0.717, 1.165) is 28.0 Å². The summed E-state index contributed by atoms with van der Waals surface area (Å²) in [5.74, 6) is 1.61. The lowest BCUT2D eigenvalue weighted by molar-refractivity contribution is 0.308. The van der Waals surface area contributed by atoms with E-state index in [2.05, 4.69) is 65.2 Å². The van der Waals surface area contributed by atoms with E-state index in [1.54, 1.807) is 7.11 Å². The Balaban J connectivity index is 2.18. The summed E-state index contributed by atoms with van der Waals surface area (Å²) in [5, 5.41) is 3.51. The molecule has 0 heterocycles. The van der Waals surface area contributed by atoms with Crippen LogP contribution in [0.15, 0.2) is 36.4 Å². The van der Waals surface area contributed by atoms with Crippen molar-refractivity contribution in [2.45, 2.75) is 26.8 Å². The minimum absolute atomic E-state index is 0.633. The second kappa shape index (κ2) is 8.27. The van der Waals surface area contributed by atoms with Gasteiger partial charge >= 0.3 is 0 Å². The molecule has 0 bridgehead atoms. The third-order valence-electron chi connectivity index (χ3n) is 3.46. The van der Waals surface area contributed by atoms with E-state index in [1.165, 1.54) is 16.8 Å². The molecular weight excluding hydrogens is 389 g/mol. The number of nitrogens with one attached hydrogen (secondary N) is 1. The van der Waals surface area contributed by atoms with Gasteiger partial charge in [-0.05, 0) is 65.3 Å². The van der Waals surface area contributed by atoms with E-state index in [9.17, 15) is 0 Å². The van der Waals surface area contributed by atoms with Crippen molar-refractivity contribution in [3.8, 4) is 11.5 Å². The number of ether oxygens (including phenoxy) is 2. The van der Waals surface area contributed by atoms with Gasteiger partial charge in [-0.15, -0.1) is 0 Å². The number of benzene rings is 2. The topological polar surface area (TPSA) is 30.5 Å². The standard InChI is InChI=1S/C18H22INO2/c1-4-14-8-6-7-9-16(14)20-12-13-10-15(19)18(22-5-2)17(11-13)21-3/h6-11,20H,4-5,12H2,1-3H3. The Morgan fingerprint density at radius 2 is 1.91 bits per heavy atom. The Hall–Kier alpha value is -1.43. The van der Waals surface area contributed by atoms with E-state index in [1.807, 2.05) is 13.0 Å². The smallest absolute Gasteiger partial charge is 0.174 e. The SMILES string of the molecule is CCOc1c(I)cc(CNc2ccccc2CC)cc1OC. The van der Waals surface area contributed by atoms with Crippen molar-refractivity contribution in [3.63, 3.8) is 0 Å². The Kier molecular flexibility index (Phi) is 6.36. The van der Waals surface area contributed by atoms with Crippen LogP contribution in [0.4, 0.5) is 5.69 Å². The third kappa shape index (κ3) is 4.06. The van der Waals surface area contributed by atoms with E-state index >= 15 is 0 Å². The molecule has 0 radical (unpaired) electrons. The molecule has 0 aliphatic heterocycles. The Morgan fingerprint density at radius 1 is 1.14 bits per heavy atom. The normalized spacial score (nSPS) is 10.4. The fourth-order valence-corrected chi connectivity index (χ4v) is 3.18. The van der Waals surface area contributed by atoms with Gasteiger partial charge in [-0.25, -0.2) is 0 Å². The summed E-state index contributed by atoms with van der Waals surface area (Å²) in [6.45, 7) is 5.54. The van der Waals surface area contributed by atoms with Crippen LogP contribution < -0.4 is 14.8 Å². The van der Waals surface area contributed by atoms with Crippen LogP contribution in [0.1, 0.15) is 25.0 Å². The molecule has 2 aromatic carbocycles. The molecule has 118 valence electrons. The zero-order valence-electron chi connectivity index (χ0n) is 13.3. The van der Waals surface area contributed by atoms with Crippen molar-refractivity contribution in [1.29, 1.82) is 0 Å². The Labute approximate surface area is 146 Å². The second-order valence-corrected chi connectivity index (χ2v) is 6.07. The van der Waals surface area contributed by atoms with E-state index < -0.39 is 0 Å². The maximum absolute atomic E-state index is 5.66. The van der Waals surface area contributed by atoms with Gasteiger partial charge in [-0.2, -0.15) is 0 Å². The van der Waals surface area contributed by atoms with Crippen LogP contribution in [0.25, 0.3) is 0 Å². The van der Waals surface area contributed by atoms with Gasteiger partial charge < -0.3 is 14.8 Å². The molecule has 0 fully saturated rings. The third-order valence-corrected chi connectivity index (χ3v) is 4.26. The first-order chi connectivity index (χ1) is 10.7. The summed E-state index contributed by atoms with van der Waals surface area (Å²) >= 11 is 2.29. The minimum atomic E-state index is 0.633. The molecule has 1 N–H and O–H groups in total. The van der Waals surface area contributed by atoms with Crippen molar-refractivity contribution in [2.75, 3.05) is 19.0 Å². The molecule has 0 saturated heterocycles. The molecule has 3 nitrogen and oxygen atoms in total. The predicted molar refractivity (Wildman–Crippen MR) is 100 cm³/mol. The number of para-hydroxylation sites is 1. The zero-order chi connectivity index (χ0) is 15.9. The van der Waals surface area contributed by atoms with Crippen molar-refractivity contribution in [1.82, 2.24) is 0 Å². The maximum atomic E-state index is 5.66. The molecule has 0 amide bonds. The van der Waals surface area contributed by atoms with Gasteiger partial charge in [0.2, 0.25) is 0 Å². The highest BCUT2D eigenvalue weighted by Gasteiger charge is 2.11. The lowest BCUT2D eigenvalue weighted by Gasteiger charge is -2.15. The van der Waals surface area contributed by atoms with Crippen LogP contribution in [-0.4, -0.2) is 13.7 Å². The van der Waals surface area contributed by atoms with E-state index in [-0.39, 0.29) is 0 Å². The number of anilines is 1. The van der Waals surface area contributed by atoms with Crippen LogP contribution in [0.5, 0.6) is 11.5 Å². The average molecular weight is 411 g/mol. The lowest BCUT2D eigenvalue weighted by Crippen LogP contribution is -2.04. The zero-order valence-corrected chi connectivity index (χ0v) is 15.4. The first-order valence-electron chi connectivity index (χ1n) is 7.50. The molecule has 0 spiro atoms. The van der Waals surface area contributed by atoms with Gasteiger partial charge in [-0.1, -0.05) is 25.1 Å². The Bertz CT molecular complexity index is 628. The number of hydrogen-bond donors (Lipinski definition) is 1. The van der Waals surface area contributed by atoms with E-state index in [0.29, 0.717) is 6.61 Å². The fourth-order valence-electron chi connectivity index (χ4n) is 2.36. The highest BCUT2D eigenvalue weighted by atomic mass is 127. The molecule has 0 aliphatic carbocycles. The molecule has 4 heteroatoms. The largest absolute Gasteiger partial charge is 0.493 e. The van der Waals surface area contributed by atoms with Crippen molar-refractivity contribution < 1.29 is 9.47 Å². The van der Waals surface area contributed by atoms with Gasteiger partial charge in [0, 0.05) is 12.2 Å². The molecular formula is C18H22INO2. The summed E-state index contributed by atoms with van der Waals surface area (Å²) < 4.78 is 12.2. The molecule has 0 unspecified atom stereocenters. The van der Waals surface area contributed by atoms with Crippen LogP contribution in [0.3, 0.4) is 0 Å². The number of methoxy groups -OCH3 is 1. The van der Waals surface area contributed by atoms with Gasteiger partial charge in [-0.3, -0.25) is 0 Å². The van der Waals surface area contributed by atoms with Gasteiger partial charge in [0.25, 0.3) is 0 Å². The molecule has 22 heavy (non-hydrogen) atoms. The summed E-state index contributed by atoms with van der Waals surface area (Å²) in [4.78, 5) is 0. The van der Waals surface area contributed by atoms with Crippen molar-refractivity contribution >= 4 is 28.3 Å². The summed E-state index contributed by atoms with van der Waals surface area (Å²) in [5.41, 5.74) is 3.69. The molecule has 2 aromatic rings. The van der Waals surface area contributed by atoms with Crippen molar-refractivity contribution in [3.05, 3.63) is 51.1 Å². The first kappa shape index (κ1) is 16.9. The second-order valence-electron chi connectivity index (χ2n) is 4.91. The van der Waals surface area contributed by atoms with Crippen molar-refractivity contribution in [2.24, 2.45) is 0 Å². The van der Waals surface area contributed by atoms with Gasteiger partial charge in [0.1, 0.15) is 0 Å². The summed E-state index contributed by atoms with van der Waals surface area (Å²) in [7, 11) is 1.68. The maximum Gasteiger partial charge on any atom is 0.174 e. The number of halogens is 1. The highest BCUT2D eigenvalue weighted by Crippen LogP contribution is 2.34. The number of rotatable bonds is 7. The fraction of sp³-hybridized carbons (Fsp3) is 0.333. The van der Waals surface area contributed by atoms with E-state index in [4.69, 9.17) is 9.47 Å².